The lowest BCUT2D eigenvalue weighted by molar-refractivity contribution is -0.0737. The normalized spacial score (nSPS) is 26.1. The van der Waals surface area contributed by atoms with E-state index >= 15 is 0 Å². The minimum absolute atomic E-state index is 0.0350. The first-order chi connectivity index (χ1) is 12.8. The van der Waals surface area contributed by atoms with Crippen LogP contribution in [0.25, 0.3) is 0 Å². The lowest BCUT2D eigenvalue weighted by Crippen LogP contribution is -2.46. The quantitative estimate of drug-likeness (QED) is 0.893. The fourth-order valence-corrected chi connectivity index (χ4v) is 4.23. The molecule has 0 aliphatic carbocycles. The first-order valence-corrected chi connectivity index (χ1v) is 9.42. The summed E-state index contributed by atoms with van der Waals surface area (Å²) in [6.45, 7) is 3.76. The Balaban J connectivity index is 1.38. The zero-order chi connectivity index (χ0) is 17.8. The van der Waals surface area contributed by atoms with Gasteiger partial charge in [-0.25, -0.2) is 4.98 Å². The molecule has 0 radical (unpaired) electrons. The lowest BCUT2D eigenvalue weighted by Gasteiger charge is -2.38. The molecule has 2 aliphatic rings. The van der Waals surface area contributed by atoms with E-state index in [-0.39, 0.29) is 5.60 Å². The van der Waals surface area contributed by atoms with E-state index in [0.29, 0.717) is 6.04 Å². The van der Waals surface area contributed by atoms with E-state index in [4.69, 9.17) is 9.47 Å². The summed E-state index contributed by atoms with van der Waals surface area (Å²) >= 11 is 0. The largest absolute Gasteiger partial charge is 0.496 e. The predicted molar refractivity (Wildman–Crippen MR) is 102 cm³/mol. The Bertz CT molecular complexity index is 724. The summed E-state index contributed by atoms with van der Waals surface area (Å²) in [5.74, 6) is 1.92. The molecule has 26 heavy (non-hydrogen) atoms. The third kappa shape index (κ3) is 3.84. The van der Waals surface area contributed by atoms with Crippen LogP contribution in [-0.2, 0) is 11.3 Å². The highest BCUT2D eigenvalue weighted by Crippen LogP contribution is 2.36. The van der Waals surface area contributed by atoms with Gasteiger partial charge >= 0.3 is 0 Å². The predicted octanol–water partition coefficient (Wildman–Crippen LogP) is 3.33. The van der Waals surface area contributed by atoms with Crippen LogP contribution in [0.4, 0.5) is 5.82 Å². The maximum absolute atomic E-state index is 6.29. The van der Waals surface area contributed by atoms with Crippen LogP contribution < -0.4 is 10.1 Å². The Labute approximate surface area is 155 Å². The van der Waals surface area contributed by atoms with Gasteiger partial charge in [0.1, 0.15) is 11.6 Å². The highest BCUT2D eigenvalue weighted by Gasteiger charge is 2.43. The van der Waals surface area contributed by atoms with Crippen molar-refractivity contribution in [2.24, 2.45) is 0 Å². The van der Waals surface area contributed by atoms with Crippen LogP contribution in [0.1, 0.15) is 24.8 Å². The molecular formula is C21H27N3O2. The molecule has 1 N–H and O–H groups in total. The number of likely N-dealkylation sites (tertiary alicyclic amines) is 1. The average molecular weight is 353 g/mol. The molecular weight excluding hydrogens is 326 g/mol. The Morgan fingerprint density at radius 2 is 2.15 bits per heavy atom. The van der Waals surface area contributed by atoms with Crippen molar-refractivity contribution in [2.45, 2.75) is 37.5 Å². The third-order valence-electron chi connectivity index (χ3n) is 5.49. The van der Waals surface area contributed by atoms with Crippen molar-refractivity contribution < 1.29 is 9.47 Å². The smallest absolute Gasteiger partial charge is 0.126 e. The molecule has 2 aliphatic heterocycles. The maximum Gasteiger partial charge on any atom is 0.126 e. The molecule has 0 unspecified atom stereocenters. The topological polar surface area (TPSA) is 46.6 Å². The van der Waals surface area contributed by atoms with Crippen molar-refractivity contribution in [1.82, 2.24) is 9.88 Å². The van der Waals surface area contributed by atoms with Gasteiger partial charge in [0.25, 0.3) is 0 Å². The van der Waals surface area contributed by atoms with Crippen molar-refractivity contribution in [3.63, 3.8) is 0 Å². The maximum atomic E-state index is 6.29. The second-order valence-electron chi connectivity index (χ2n) is 7.35. The average Bonchev–Trinajstić information content (AvgIpc) is 3.04. The van der Waals surface area contributed by atoms with Crippen molar-refractivity contribution >= 4 is 5.82 Å². The minimum Gasteiger partial charge on any atom is -0.496 e. The number of rotatable bonds is 5. The number of hydrogen-bond acceptors (Lipinski definition) is 5. The van der Waals surface area contributed by atoms with Gasteiger partial charge in [-0.05, 0) is 37.5 Å². The van der Waals surface area contributed by atoms with Gasteiger partial charge < -0.3 is 14.8 Å². The summed E-state index contributed by atoms with van der Waals surface area (Å²) in [5, 5.41) is 3.59. The van der Waals surface area contributed by atoms with E-state index in [1.54, 1.807) is 7.11 Å². The molecule has 2 atom stereocenters. The molecule has 2 saturated heterocycles. The van der Waals surface area contributed by atoms with Crippen LogP contribution in [0.2, 0.25) is 0 Å². The zero-order valence-corrected chi connectivity index (χ0v) is 15.4. The standard InChI is InChI=1S/C21H27N3O2/c1-25-19-7-3-2-6-17(19)15-24-12-10-21(16-24)14-18(9-13-26-21)23-20-8-4-5-11-22-20/h2-8,11,18H,9-10,12-16H2,1H3,(H,22,23)/t18-,21-/m1/s1. The van der Waals surface area contributed by atoms with Crippen LogP contribution in [0.15, 0.2) is 48.7 Å². The van der Waals surface area contributed by atoms with Crippen LogP contribution in [0.5, 0.6) is 5.75 Å². The number of methoxy groups -OCH3 is 1. The minimum atomic E-state index is -0.0350. The number of nitrogens with zero attached hydrogens (tertiary/aromatic N) is 2. The number of para-hydroxylation sites is 1. The summed E-state index contributed by atoms with van der Waals surface area (Å²) < 4.78 is 11.8. The lowest BCUT2D eigenvalue weighted by atomic mass is 9.89. The van der Waals surface area contributed by atoms with Gasteiger partial charge in [0.2, 0.25) is 0 Å². The molecule has 0 amide bonds. The number of nitrogens with one attached hydrogen (secondary N) is 1. The summed E-state index contributed by atoms with van der Waals surface area (Å²) in [5.41, 5.74) is 1.21. The molecule has 1 aromatic heterocycles. The van der Waals surface area contributed by atoms with Gasteiger partial charge in [-0.1, -0.05) is 24.3 Å². The molecule has 5 heteroatoms. The summed E-state index contributed by atoms with van der Waals surface area (Å²) in [6.07, 6.45) is 4.99. The fraction of sp³-hybridized carbons (Fsp3) is 0.476. The number of ether oxygens (including phenoxy) is 2. The summed E-state index contributed by atoms with van der Waals surface area (Å²) in [4.78, 5) is 6.89. The second kappa shape index (κ2) is 7.64. The highest BCUT2D eigenvalue weighted by atomic mass is 16.5. The summed E-state index contributed by atoms with van der Waals surface area (Å²) in [6, 6.07) is 14.7. The molecule has 2 aromatic rings. The Morgan fingerprint density at radius 1 is 1.27 bits per heavy atom. The first kappa shape index (κ1) is 17.3. The van der Waals surface area contributed by atoms with Crippen molar-refractivity contribution in [1.29, 1.82) is 0 Å². The van der Waals surface area contributed by atoms with Gasteiger partial charge in [-0.3, -0.25) is 4.90 Å². The molecule has 2 fully saturated rings. The van der Waals surface area contributed by atoms with Crippen LogP contribution >= 0.6 is 0 Å². The van der Waals surface area contributed by atoms with Crippen LogP contribution in [0, 0.1) is 0 Å². The van der Waals surface area contributed by atoms with E-state index in [9.17, 15) is 0 Å². The van der Waals surface area contributed by atoms with E-state index < -0.39 is 0 Å². The molecule has 4 rings (SSSR count). The fourth-order valence-electron chi connectivity index (χ4n) is 4.23. The number of hydrogen-bond donors (Lipinski definition) is 1. The SMILES string of the molecule is COc1ccccc1CN1CC[C@@]2(C[C@H](Nc3ccccn3)CCO2)C1. The van der Waals surface area contributed by atoms with Gasteiger partial charge in [0.15, 0.2) is 0 Å². The molecule has 1 spiro atoms. The van der Waals surface area contributed by atoms with Crippen molar-refractivity contribution in [3.8, 4) is 5.75 Å². The highest BCUT2D eigenvalue weighted by molar-refractivity contribution is 5.35. The Morgan fingerprint density at radius 3 is 3.00 bits per heavy atom. The van der Waals surface area contributed by atoms with Gasteiger partial charge in [0, 0.05) is 44.0 Å². The Kier molecular flexibility index (Phi) is 5.09. The molecule has 5 nitrogen and oxygen atoms in total. The third-order valence-corrected chi connectivity index (χ3v) is 5.49. The Hall–Kier alpha value is -2.11. The molecule has 3 heterocycles. The number of benzene rings is 1. The van der Waals surface area contributed by atoms with Gasteiger partial charge in [-0.2, -0.15) is 0 Å². The monoisotopic (exact) mass is 353 g/mol. The van der Waals surface area contributed by atoms with Crippen molar-refractivity contribution in [3.05, 3.63) is 54.2 Å². The van der Waals surface area contributed by atoms with E-state index in [2.05, 4.69) is 27.3 Å². The number of pyridine rings is 1. The van der Waals surface area contributed by atoms with E-state index in [0.717, 1.165) is 57.1 Å². The first-order valence-electron chi connectivity index (χ1n) is 9.42. The molecule has 1 aromatic carbocycles. The van der Waals surface area contributed by atoms with Crippen LogP contribution in [-0.4, -0.2) is 48.3 Å². The molecule has 138 valence electrons. The number of anilines is 1. The number of aromatic nitrogens is 1. The van der Waals surface area contributed by atoms with Gasteiger partial charge in [0.05, 0.1) is 12.7 Å². The molecule has 0 saturated carbocycles. The zero-order valence-electron chi connectivity index (χ0n) is 15.4. The van der Waals surface area contributed by atoms with Crippen molar-refractivity contribution in [2.75, 3.05) is 32.1 Å². The summed E-state index contributed by atoms with van der Waals surface area (Å²) in [7, 11) is 1.74. The van der Waals surface area contributed by atoms with E-state index in [1.165, 1.54) is 5.56 Å². The van der Waals surface area contributed by atoms with Gasteiger partial charge in [-0.15, -0.1) is 0 Å². The second-order valence-corrected chi connectivity index (χ2v) is 7.35. The van der Waals surface area contributed by atoms with Crippen LogP contribution in [0.3, 0.4) is 0 Å². The van der Waals surface area contributed by atoms with E-state index in [1.807, 2.05) is 36.5 Å². The molecule has 0 bridgehead atoms.